The zero-order valence-corrected chi connectivity index (χ0v) is 12.6. The van der Waals surface area contributed by atoms with Crippen molar-refractivity contribution in [2.45, 2.75) is 51.2 Å². The number of halogens is 3. The number of nitrogens with two attached hydrogens (primary N) is 1. The molecule has 3 N–H and O–H groups in total. The quantitative estimate of drug-likeness (QED) is 0.755. The maximum atomic E-state index is 12.2. The molecule has 1 rings (SSSR count). The third-order valence-electron chi connectivity index (χ3n) is 3.97. The van der Waals surface area contributed by atoms with Crippen LogP contribution in [0, 0.1) is 5.92 Å². The van der Waals surface area contributed by atoms with E-state index in [1.165, 1.54) is 0 Å². The molecule has 0 aromatic carbocycles. The zero-order valence-electron chi connectivity index (χ0n) is 12.6. The van der Waals surface area contributed by atoms with E-state index in [2.05, 4.69) is 10.2 Å². The topological polar surface area (TPSA) is 58.4 Å². The Morgan fingerprint density at radius 3 is 2.81 bits per heavy atom. The van der Waals surface area contributed by atoms with Crippen molar-refractivity contribution < 1.29 is 18.0 Å². The Morgan fingerprint density at radius 2 is 2.19 bits per heavy atom. The van der Waals surface area contributed by atoms with Gasteiger partial charge in [0.25, 0.3) is 0 Å². The number of likely N-dealkylation sites (tertiary alicyclic amines) is 1. The molecule has 1 aliphatic heterocycles. The molecule has 4 nitrogen and oxygen atoms in total. The average molecular weight is 309 g/mol. The maximum absolute atomic E-state index is 12.2. The Balaban J connectivity index is 2.35. The lowest BCUT2D eigenvalue weighted by Gasteiger charge is -2.36. The molecular weight excluding hydrogens is 283 g/mol. The van der Waals surface area contributed by atoms with Crippen molar-refractivity contribution in [3.8, 4) is 0 Å². The molecule has 0 aromatic rings. The molecule has 124 valence electrons. The average Bonchev–Trinajstić information content (AvgIpc) is 2.43. The molecule has 1 heterocycles. The van der Waals surface area contributed by atoms with Gasteiger partial charge in [-0.25, -0.2) is 0 Å². The van der Waals surface area contributed by atoms with E-state index >= 15 is 0 Å². The third kappa shape index (κ3) is 7.13. The predicted molar refractivity (Wildman–Crippen MR) is 75.7 cm³/mol. The Kier molecular flexibility index (Phi) is 7.45. The van der Waals surface area contributed by atoms with Gasteiger partial charge in [0.05, 0.1) is 5.92 Å². The number of hydrogen-bond donors (Lipinski definition) is 2. The van der Waals surface area contributed by atoms with Crippen molar-refractivity contribution in [2.24, 2.45) is 11.7 Å². The molecule has 0 spiro atoms. The van der Waals surface area contributed by atoms with Crippen LogP contribution in [0.25, 0.3) is 0 Å². The third-order valence-corrected chi connectivity index (χ3v) is 3.97. The molecule has 1 saturated heterocycles. The smallest absolute Gasteiger partial charge is 0.355 e. The molecular formula is C14H26F3N3O. The number of amides is 1. The summed E-state index contributed by atoms with van der Waals surface area (Å²) in [6.07, 6.45) is -2.41. The lowest BCUT2D eigenvalue weighted by Crippen LogP contribution is -2.47. The monoisotopic (exact) mass is 309 g/mol. The zero-order chi connectivity index (χ0) is 15.9. The van der Waals surface area contributed by atoms with Crippen molar-refractivity contribution in [3.63, 3.8) is 0 Å². The van der Waals surface area contributed by atoms with Crippen LogP contribution in [0.5, 0.6) is 0 Å². The van der Waals surface area contributed by atoms with E-state index in [-0.39, 0.29) is 24.3 Å². The summed E-state index contributed by atoms with van der Waals surface area (Å²) < 4.78 is 36.5. The number of rotatable bonds is 7. The molecule has 1 amide bonds. The van der Waals surface area contributed by atoms with E-state index in [1.54, 1.807) is 0 Å². The molecule has 2 atom stereocenters. The van der Waals surface area contributed by atoms with E-state index in [4.69, 9.17) is 5.73 Å². The molecule has 0 aliphatic carbocycles. The van der Waals surface area contributed by atoms with E-state index in [0.717, 1.165) is 19.4 Å². The van der Waals surface area contributed by atoms with Crippen LogP contribution >= 0.6 is 0 Å². The van der Waals surface area contributed by atoms with Gasteiger partial charge in [0, 0.05) is 32.1 Å². The summed E-state index contributed by atoms with van der Waals surface area (Å²) in [6, 6.07) is 0.0810. The fourth-order valence-electron chi connectivity index (χ4n) is 2.74. The summed E-state index contributed by atoms with van der Waals surface area (Å²) in [5.41, 5.74) is 5.35. The number of piperidine rings is 1. The molecule has 2 unspecified atom stereocenters. The van der Waals surface area contributed by atoms with Crippen molar-refractivity contribution in [3.05, 3.63) is 0 Å². The second kappa shape index (κ2) is 8.58. The van der Waals surface area contributed by atoms with Gasteiger partial charge in [-0.05, 0) is 39.2 Å². The minimum Gasteiger partial charge on any atom is -0.355 e. The van der Waals surface area contributed by atoms with Gasteiger partial charge < -0.3 is 11.1 Å². The standard InChI is InChI=1S/C14H26F3N3O/c1-11(4-2-6-14(15,16)17)20-9-3-5-12(10-20)13(21)19-8-7-18/h11-12H,2-10,18H2,1H3,(H,19,21). The largest absolute Gasteiger partial charge is 0.389 e. The van der Waals surface area contributed by atoms with Gasteiger partial charge in [-0.1, -0.05) is 0 Å². The van der Waals surface area contributed by atoms with E-state index in [9.17, 15) is 18.0 Å². The molecule has 0 radical (unpaired) electrons. The second-order valence-electron chi connectivity index (χ2n) is 5.77. The van der Waals surface area contributed by atoms with Crippen molar-refractivity contribution in [2.75, 3.05) is 26.2 Å². The molecule has 1 fully saturated rings. The van der Waals surface area contributed by atoms with Crippen LogP contribution in [-0.2, 0) is 4.79 Å². The Hall–Kier alpha value is -0.820. The molecule has 7 heteroatoms. The van der Waals surface area contributed by atoms with Gasteiger partial charge in [-0.15, -0.1) is 0 Å². The van der Waals surface area contributed by atoms with Crippen molar-refractivity contribution in [1.29, 1.82) is 0 Å². The Morgan fingerprint density at radius 1 is 1.48 bits per heavy atom. The SMILES string of the molecule is CC(CCCC(F)(F)F)N1CCCC(C(=O)NCCN)C1. The van der Waals surface area contributed by atoms with Gasteiger partial charge in [0.15, 0.2) is 0 Å². The predicted octanol–water partition coefficient (Wildman–Crippen LogP) is 1.89. The highest BCUT2D eigenvalue weighted by Crippen LogP contribution is 2.25. The number of hydrogen-bond acceptors (Lipinski definition) is 3. The highest BCUT2D eigenvalue weighted by molar-refractivity contribution is 5.78. The highest BCUT2D eigenvalue weighted by Gasteiger charge is 2.30. The minimum atomic E-state index is -4.08. The van der Waals surface area contributed by atoms with Crippen molar-refractivity contribution in [1.82, 2.24) is 10.2 Å². The number of carbonyl (C=O) groups excluding carboxylic acids is 1. The summed E-state index contributed by atoms with van der Waals surface area (Å²) >= 11 is 0. The van der Waals surface area contributed by atoms with E-state index in [1.807, 2.05) is 6.92 Å². The summed E-state index contributed by atoms with van der Waals surface area (Å²) in [6.45, 7) is 4.31. The summed E-state index contributed by atoms with van der Waals surface area (Å²) in [5.74, 6) is -0.0667. The maximum Gasteiger partial charge on any atom is 0.389 e. The Bertz CT molecular complexity index is 323. The van der Waals surface area contributed by atoms with Gasteiger partial charge in [0.2, 0.25) is 5.91 Å². The molecule has 21 heavy (non-hydrogen) atoms. The molecule has 1 aliphatic rings. The van der Waals surface area contributed by atoms with Gasteiger partial charge >= 0.3 is 6.18 Å². The van der Waals surface area contributed by atoms with Crippen LogP contribution in [0.1, 0.15) is 39.0 Å². The number of carbonyl (C=O) groups is 1. The lowest BCUT2D eigenvalue weighted by molar-refractivity contribution is -0.136. The van der Waals surface area contributed by atoms with Gasteiger partial charge in [-0.2, -0.15) is 13.2 Å². The normalized spacial score (nSPS) is 22.0. The molecule has 0 saturated carbocycles. The number of nitrogens with zero attached hydrogens (tertiary/aromatic N) is 1. The van der Waals surface area contributed by atoms with Crippen molar-refractivity contribution >= 4 is 5.91 Å². The fraction of sp³-hybridized carbons (Fsp3) is 0.929. The highest BCUT2D eigenvalue weighted by atomic mass is 19.4. The molecule has 0 bridgehead atoms. The van der Waals surface area contributed by atoms with Gasteiger partial charge in [0.1, 0.15) is 0 Å². The summed E-state index contributed by atoms with van der Waals surface area (Å²) in [4.78, 5) is 14.1. The van der Waals surface area contributed by atoms with E-state index in [0.29, 0.717) is 26.1 Å². The molecule has 0 aromatic heterocycles. The number of nitrogens with one attached hydrogen (secondary N) is 1. The minimum absolute atomic E-state index is 0.00708. The summed E-state index contributed by atoms with van der Waals surface area (Å²) in [7, 11) is 0. The fourth-order valence-corrected chi connectivity index (χ4v) is 2.74. The van der Waals surface area contributed by atoms with Crippen LogP contribution in [0.4, 0.5) is 13.2 Å². The first kappa shape index (κ1) is 18.2. The van der Waals surface area contributed by atoms with E-state index < -0.39 is 12.6 Å². The summed E-state index contributed by atoms with van der Waals surface area (Å²) in [5, 5.41) is 2.79. The number of alkyl halides is 3. The first-order valence-corrected chi connectivity index (χ1v) is 7.62. The van der Waals surface area contributed by atoms with Crippen LogP contribution in [0.2, 0.25) is 0 Å². The lowest BCUT2D eigenvalue weighted by atomic mass is 9.95. The first-order valence-electron chi connectivity index (χ1n) is 7.62. The Labute approximate surface area is 124 Å². The van der Waals surface area contributed by atoms with Gasteiger partial charge in [-0.3, -0.25) is 9.69 Å². The van der Waals surface area contributed by atoms with Crippen LogP contribution < -0.4 is 11.1 Å². The van der Waals surface area contributed by atoms with Crippen LogP contribution in [0.3, 0.4) is 0 Å². The second-order valence-corrected chi connectivity index (χ2v) is 5.77. The van der Waals surface area contributed by atoms with Crippen LogP contribution in [0.15, 0.2) is 0 Å². The van der Waals surface area contributed by atoms with Crippen LogP contribution in [-0.4, -0.2) is 49.2 Å². The first-order chi connectivity index (χ1) is 9.83.